The van der Waals surface area contributed by atoms with E-state index in [2.05, 4.69) is 33.8 Å². The number of hydrogen-bond donors (Lipinski definition) is 1. The van der Waals surface area contributed by atoms with Gasteiger partial charge in [0.15, 0.2) is 11.3 Å². The highest BCUT2D eigenvalue weighted by molar-refractivity contribution is 5.86. The van der Waals surface area contributed by atoms with Crippen LogP contribution in [0.5, 0.6) is 11.5 Å². The zero-order valence-corrected chi connectivity index (χ0v) is 19.5. The molecular weight excluding hydrogens is 392 g/mol. The molecule has 0 aliphatic heterocycles. The van der Waals surface area contributed by atoms with Crippen molar-refractivity contribution in [3.05, 3.63) is 45.8 Å². The number of hydrogen-bond acceptors (Lipinski definition) is 5. The fourth-order valence-corrected chi connectivity index (χ4v) is 6.42. The molecule has 1 N–H and O–H groups in total. The van der Waals surface area contributed by atoms with Gasteiger partial charge in [0, 0.05) is 17.0 Å². The molecule has 0 spiro atoms. The van der Waals surface area contributed by atoms with Crippen LogP contribution in [0.1, 0.15) is 52.5 Å². The molecule has 2 aliphatic rings. The molecule has 1 heterocycles. The quantitative estimate of drug-likeness (QED) is 0.543. The lowest BCUT2D eigenvalue weighted by Gasteiger charge is -2.58. The largest absolute Gasteiger partial charge is 0.496 e. The van der Waals surface area contributed by atoms with E-state index in [-0.39, 0.29) is 22.9 Å². The molecule has 0 saturated heterocycles. The van der Waals surface area contributed by atoms with E-state index < -0.39 is 5.63 Å². The van der Waals surface area contributed by atoms with E-state index in [0.29, 0.717) is 17.3 Å². The van der Waals surface area contributed by atoms with E-state index in [4.69, 9.17) is 13.9 Å². The summed E-state index contributed by atoms with van der Waals surface area (Å²) in [5, 5.41) is 11.5. The Bertz CT molecular complexity index is 1080. The number of fused-ring (bicyclic) bond motifs is 2. The average molecular weight is 427 g/mol. The predicted molar refractivity (Wildman–Crippen MR) is 122 cm³/mol. The topological polar surface area (TPSA) is 68.9 Å². The zero-order chi connectivity index (χ0) is 22.6. The Balaban J connectivity index is 1.85. The first-order valence-corrected chi connectivity index (χ1v) is 11.2. The molecule has 1 aromatic heterocycles. The molecule has 2 aliphatic carbocycles. The van der Waals surface area contributed by atoms with Crippen molar-refractivity contribution >= 4 is 11.0 Å². The van der Waals surface area contributed by atoms with Gasteiger partial charge in [-0.15, -0.1) is 0 Å². The van der Waals surface area contributed by atoms with E-state index in [9.17, 15) is 9.90 Å². The van der Waals surface area contributed by atoms with Crippen molar-refractivity contribution in [3.8, 4) is 11.5 Å². The highest BCUT2D eigenvalue weighted by atomic mass is 16.5. The van der Waals surface area contributed by atoms with Gasteiger partial charge < -0.3 is 19.0 Å². The first-order chi connectivity index (χ1) is 14.6. The lowest BCUT2D eigenvalue weighted by atomic mass is 9.47. The summed E-state index contributed by atoms with van der Waals surface area (Å²) in [6.45, 7) is 9.01. The summed E-state index contributed by atoms with van der Waals surface area (Å²) >= 11 is 0. The molecule has 0 amide bonds. The Morgan fingerprint density at radius 1 is 1.19 bits per heavy atom. The molecule has 1 saturated carbocycles. The van der Waals surface area contributed by atoms with E-state index in [0.717, 1.165) is 42.4 Å². The van der Waals surface area contributed by atoms with Gasteiger partial charge in [-0.25, -0.2) is 4.79 Å². The van der Waals surface area contributed by atoms with Crippen LogP contribution in [-0.2, 0) is 6.42 Å². The number of rotatable bonds is 4. The van der Waals surface area contributed by atoms with Crippen LogP contribution < -0.4 is 15.1 Å². The maximum atomic E-state index is 11.9. The molecule has 0 bridgehead atoms. The van der Waals surface area contributed by atoms with Crippen molar-refractivity contribution in [1.82, 2.24) is 0 Å². The second kappa shape index (κ2) is 7.70. The number of ether oxygens (including phenoxy) is 2. The molecule has 2 aromatic rings. The SMILES string of the molecule is COc1cc2ccc(=O)oc2c(OC)c1CC1C(C)=CCC2C(C)(C)C(O)CCC12C. The van der Waals surface area contributed by atoms with E-state index in [1.165, 1.54) is 11.6 Å². The number of allylic oxidation sites excluding steroid dienone is 2. The van der Waals surface area contributed by atoms with Gasteiger partial charge in [0.1, 0.15) is 5.75 Å². The summed E-state index contributed by atoms with van der Waals surface area (Å²) in [6.07, 6.45) is 5.57. The van der Waals surface area contributed by atoms with Gasteiger partial charge in [-0.3, -0.25) is 0 Å². The third-order valence-corrected chi connectivity index (χ3v) is 8.29. The zero-order valence-electron chi connectivity index (χ0n) is 19.5. The first-order valence-electron chi connectivity index (χ1n) is 11.2. The number of aliphatic hydroxyl groups excluding tert-OH is 1. The number of benzene rings is 1. The van der Waals surface area contributed by atoms with Crippen LogP contribution in [-0.4, -0.2) is 25.4 Å². The van der Waals surface area contributed by atoms with E-state index in [1.54, 1.807) is 20.3 Å². The third kappa shape index (κ3) is 3.38. The molecule has 0 radical (unpaired) electrons. The molecule has 1 fully saturated rings. The summed E-state index contributed by atoms with van der Waals surface area (Å²) in [7, 11) is 3.27. The summed E-state index contributed by atoms with van der Waals surface area (Å²) in [5.74, 6) is 1.97. The minimum absolute atomic E-state index is 0.0457. The van der Waals surface area contributed by atoms with Gasteiger partial charge in [-0.2, -0.15) is 0 Å². The Hall–Kier alpha value is -2.27. The second-order valence-electron chi connectivity index (χ2n) is 10.1. The van der Waals surface area contributed by atoms with Crippen LogP contribution in [0.2, 0.25) is 0 Å². The minimum Gasteiger partial charge on any atom is -0.496 e. The van der Waals surface area contributed by atoms with Crippen LogP contribution in [0.4, 0.5) is 0 Å². The van der Waals surface area contributed by atoms with Crippen molar-refractivity contribution < 1.29 is 19.0 Å². The van der Waals surface area contributed by atoms with Crippen molar-refractivity contribution in [2.45, 2.75) is 59.5 Å². The average Bonchev–Trinajstić information content (AvgIpc) is 2.73. The van der Waals surface area contributed by atoms with Crippen LogP contribution in [0.3, 0.4) is 0 Å². The fraction of sp³-hybridized carbons (Fsp3) is 0.577. The standard InChI is InChI=1S/C26H34O5/c1-15-7-9-20-25(2,3)21(27)11-12-26(20,4)18(15)14-17-19(29-5)13-16-8-10-22(28)31-23(16)24(17)30-6/h7-8,10,13,18,20-21,27H,9,11-12,14H2,1-6H3. The highest BCUT2D eigenvalue weighted by Crippen LogP contribution is 2.60. The smallest absolute Gasteiger partial charge is 0.336 e. The fourth-order valence-electron chi connectivity index (χ4n) is 6.42. The Morgan fingerprint density at radius 2 is 1.94 bits per heavy atom. The molecule has 5 nitrogen and oxygen atoms in total. The molecule has 5 heteroatoms. The molecule has 4 unspecified atom stereocenters. The molecule has 1 aromatic carbocycles. The Labute approximate surface area is 184 Å². The van der Waals surface area contributed by atoms with Crippen molar-refractivity contribution in [2.75, 3.05) is 14.2 Å². The van der Waals surface area contributed by atoms with Crippen LogP contribution >= 0.6 is 0 Å². The van der Waals surface area contributed by atoms with Gasteiger partial charge in [0.05, 0.1) is 20.3 Å². The summed E-state index contributed by atoms with van der Waals surface area (Å²) in [4.78, 5) is 11.9. The van der Waals surface area contributed by atoms with Gasteiger partial charge in [0.25, 0.3) is 0 Å². The molecule has 168 valence electrons. The van der Waals surface area contributed by atoms with Gasteiger partial charge in [-0.1, -0.05) is 32.4 Å². The number of aliphatic hydroxyl groups is 1. The van der Waals surface area contributed by atoms with Crippen LogP contribution in [0.25, 0.3) is 11.0 Å². The molecule has 4 atom stereocenters. The number of methoxy groups -OCH3 is 2. The van der Waals surface area contributed by atoms with Gasteiger partial charge in [-0.05, 0) is 67.4 Å². The summed E-state index contributed by atoms with van der Waals surface area (Å²) in [5.41, 5.74) is 2.26. The Morgan fingerprint density at radius 3 is 2.61 bits per heavy atom. The lowest BCUT2D eigenvalue weighted by Crippen LogP contribution is -2.54. The lowest BCUT2D eigenvalue weighted by molar-refractivity contribution is -0.114. The first kappa shape index (κ1) is 21.9. The maximum Gasteiger partial charge on any atom is 0.336 e. The van der Waals surface area contributed by atoms with Crippen molar-refractivity contribution in [2.24, 2.45) is 22.7 Å². The third-order valence-electron chi connectivity index (χ3n) is 8.29. The van der Waals surface area contributed by atoms with Crippen LogP contribution in [0, 0.1) is 22.7 Å². The van der Waals surface area contributed by atoms with Crippen LogP contribution in [0.15, 0.2) is 39.1 Å². The van der Waals surface area contributed by atoms with Gasteiger partial charge >= 0.3 is 5.63 Å². The van der Waals surface area contributed by atoms with E-state index >= 15 is 0 Å². The molecule has 4 rings (SSSR count). The monoisotopic (exact) mass is 426 g/mol. The van der Waals surface area contributed by atoms with Crippen molar-refractivity contribution in [3.63, 3.8) is 0 Å². The summed E-state index contributed by atoms with van der Waals surface area (Å²) < 4.78 is 17.1. The van der Waals surface area contributed by atoms with E-state index in [1.807, 2.05) is 6.07 Å². The van der Waals surface area contributed by atoms with Gasteiger partial charge in [0.2, 0.25) is 0 Å². The summed E-state index contributed by atoms with van der Waals surface area (Å²) in [6, 6.07) is 5.08. The predicted octanol–water partition coefficient (Wildman–Crippen LogP) is 5.12. The minimum atomic E-state index is -0.397. The maximum absolute atomic E-state index is 11.9. The molecule has 31 heavy (non-hydrogen) atoms. The second-order valence-corrected chi connectivity index (χ2v) is 10.1. The highest BCUT2D eigenvalue weighted by Gasteiger charge is 2.55. The molecular formula is C26H34O5. The normalized spacial score (nSPS) is 29.9. The van der Waals surface area contributed by atoms with Crippen molar-refractivity contribution in [1.29, 1.82) is 0 Å². The Kier molecular flexibility index (Phi) is 5.45.